The van der Waals surface area contributed by atoms with Crippen molar-refractivity contribution in [3.05, 3.63) is 65.5 Å². The number of pyridine rings is 1. The normalized spacial score (nSPS) is 19.3. The summed E-state index contributed by atoms with van der Waals surface area (Å²) >= 11 is 0. The largest absolute Gasteiger partial charge is 0.480 e. The summed E-state index contributed by atoms with van der Waals surface area (Å²) in [5.41, 5.74) is 2.87. The Kier molecular flexibility index (Phi) is 6.82. The van der Waals surface area contributed by atoms with Crippen LogP contribution in [-0.2, 0) is 4.79 Å². The molecule has 0 bridgehead atoms. The van der Waals surface area contributed by atoms with Gasteiger partial charge in [0, 0.05) is 18.3 Å². The van der Waals surface area contributed by atoms with E-state index in [-0.39, 0.29) is 30.7 Å². The molecule has 1 aliphatic rings. The van der Waals surface area contributed by atoms with Crippen LogP contribution in [0, 0.1) is 6.92 Å². The summed E-state index contributed by atoms with van der Waals surface area (Å²) in [5.74, 6) is -0.822. The zero-order chi connectivity index (χ0) is 20.8. The first-order chi connectivity index (χ1) is 14.0. The number of nitrogens with one attached hydrogen (secondary N) is 2. The Morgan fingerprint density at radius 3 is 2.66 bits per heavy atom. The highest BCUT2D eigenvalue weighted by Crippen LogP contribution is 2.26. The predicted molar refractivity (Wildman–Crippen MR) is 111 cm³/mol. The Morgan fingerprint density at radius 1 is 1.24 bits per heavy atom. The summed E-state index contributed by atoms with van der Waals surface area (Å²) < 4.78 is 0. The van der Waals surface area contributed by atoms with Crippen molar-refractivity contribution < 1.29 is 14.7 Å². The van der Waals surface area contributed by atoms with Crippen LogP contribution >= 0.6 is 0 Å². The van der Waals surface area contributed by atoms with Gasteiger partial charge in [0.25, 0.3) is 0 Å². The standard InChI is InChI=1S/C22H28N4O3/c1-3-26(14-20(27)28)18-12-17(13-18)24-22(29)25-21(19-9-4-5-10-23-19)16-8-6-7-15(2)11-16/h4-11,17-18,21H,3,12-14H2,1-2H3,(H,27,28)(H2,24,25,29). The third-order valence-electron chi connectivity index (χ3n) is 5.34. The molecule has 0 radical (unpaired) electrons. The van der Waals surface area contributed by atoms with Crippen molar-refractivity contribution in [2.24, 2.45) is 0 Å². The number of carboxylic acids is 1. The smallest absolute Gasteiger partial charge is 0.317 e. The van der Waals surface area contributed by atoms with Gasteiger partial charge in [-0.25, -0.2) is 4.79 Å². The maximum atomic E-state index is 12.7. The minimum atomic E-state index is -0.822. The van der Waals surface area contributed by atoms with Crippen molar-refractivity contribution in [2.45, 2.75) is 44.8 Å². The third kappa shape index (κ3) is 5.54. The number of carbonyl (C=O) groups excluding carboxylic acids is 1. The lowest BCUT2D eigenvalue weighted by atomic mass is 9.85. The van der Waals surface area contributed by atoms with E-state index in [1.165, 1.54) is 0 Å². The Morgan fingerprint density at radius 2 is 2.03 bits per heavy atom. The number of likely N-dealkylation sites (N-methyl/N-ethyl adjacent to an activating group) is 1. The van der Waals surface area contributed by atoms with Crippen molar-refractivity contribution in [3.63, 3.8) is 0 Å². The monoisotopic (exact) mass is 396 g/mol. The lowest BCUT2D eigenvalue weighted by Gasteiger charge is -2.42. The summed E-state index contributed by atoms with van der Waals surface area (Å²) in [6, 6.07) is 13.3. The highest BCUT2D eigenvalue weighted by Gasteiger charge is 2.35. The van der Waals surface area contributed by atoms with Crippen LogP contribution in [0.1, 0.15) is 42.6 Å². The minimum absolute atomic E-state index is 0.0369. The number of aryl methyl sites for hydroxylation is 1. The van der Waals surface area contributed by atoms with E-state index in [0.717, 1.165) is 29.7 Å². The third-order valence-corrected chi connectivity index (χ3v) is 5.34. The molecule has 7 nitrogen and oxygen atoms in total. The fourth-order valence-electron chi connectivity index (χ4n) is 3.76. The second-order valence-electron chi connectivity index (χ2n) is 7.50. The van der Waals surface area contributed by atoms with Gasteiger partial charge in [-0.1, -0.05) is 42.8 Å². The topological polar surface area (TPSA) is 94.6 Å². The molecule has 1 saturated carbocycles. The van der Waals surface area contributed by atoms with E-state index in [9.17, 15) is 9.59 Å². The molecule has 0 aliphatic heterocycles. The van der Waals surface area contributed by atoms with E-state index in [1.54, 1.807) is 6.20 Å². The van der Waals surface area contributed by atoms with Crippen molar-refractivity contribution >= 4 is 12.0 Å². The van der Waals surface area contributed by atoms with Gasteiger partial charge >= 0.3 is 12.0 Å². The number of aliphatic carboxylic acids is 1. The fourth-order valence-corrected chi connectivity index (χ4v) is 3.76. The molecule has 0 spiro atoms. The number of carbonyl (C=O) groups is 2. The summed E-state index contributed by atoms with van der Waals surface area (Å²) in [6.45, 7) is 4.69. The average Bonchev–Trinajstić information content (AvgIpc) is 2.67. The van der Waals surface area contributed by atoms with Crippen LogP contribution in [0.4, 0.5) is 4.79 Å². The predicted octanol–water partition coefficient (Wildman–Crippen LogP) is 2.72. The first-order valence-electron chi connectivity index (χ1n) is 9.96. The first-order valence-corrected chi connectivity index (χ1v) is 9.96. The molecule has 1 aromatic carbocycles. The summed E-state index contributed by atoms with van der Waals surface area (Å²) in [7, 11) is 0. The summed E-state index contributed by atoms with van der Waals surface area (Å²) in [4.78, 5) is 30.0. The van der Waals surface area contributed by atoms with E-state index < -0.39 is 5.97 Å². The van der Waals surface area contributed by atoms with Crippen LogP contribution in [0.25, 0.3) is 0 Å². The number of urea groups is 1. The van der Waals surface area contributed by atoms with Crippen molar-refractivity contribution in [1.82, 2.24) is 20.5 Å². The number of nitrogens with zero attached hydrogens (tertiary/aromatic N) is 2. The number of rotatable bonds is 8. The van der Waals surface area contributed by atoms with Gasteiger partial charge in [-0.3, -0.25) is 14.7 Å². The molecule has 154 valence electrons. The molecule has 0 saturated heterocycles. The molecule has 7 heteroatoms. The van der Waals surface area contributed by atoms with E-state index in [1.807, 2.05) is 61.2 Å². The van der Waals surface area contributed by atoms with Crippen LogP contribution in [0.2, 0.25) is 0 Å². The zero-order valence-corrected chi connectivity index (χ0v) is 16.8. The van der Waals surface area contributed by atoms with E-state index in [0.29, 0.717) is 6.54 Å². The summed E-state index contributed by atoms with van der Waals surface area (Å²) in [6.07, 6.45) is 3.23. The molecule has 1 aromatic heterocycles. The second-order valence-corrected chi connectivity index (χ2v) is 7.50. The Labute approximate surface area is 171 Å². The van der Waals surface area contributed by atoms with Gasteiger partial charge in [0.2, 0.25) is 0 Å². The van der Waals surface area contributed by atoms with Crippen LogP contribution < -0.4 is 10.6 Å². The molecule has 1 aliphatic carbocycles. The number of aromatic nitrogens is 1. The van der Waals surface area contributed by atoms with Gasteiger partial charge in [-0.15, -0.1) is 0 Å². The zero-order valence-electron chi connectivity index (χ0n) is 16.8. The molecule has 1 unspecified atom stereocenters. The van der Waals surface area contributed by atoms with E-state index in [2.05, 4.69) is 15.6 Å². The van der Waals surface area contributed by atoms with Crippen LogP contribution in [0.15, 0.2) is 48.7 Å². The van der Waals surface area contributed by atoms with Gasteiger partial charge in [-0.05, 0) is 44.0 Å². The first kappa shape index (κ1) is 20.8. The van der Waals surface area contributed by atoms with Crippen molar-refractivity contribution in [2.75, 3.05) is 13.1 Å². The van der Waals surface area contributed by atoms with Crippen LogP contribution in [-0.4, -0.2) is 52.2 Å². The number of amides is 2. The average molecular weight is 396 g/mol. The Bertz CT molecular complexity index is 837. The number of benzene rings is 1. The highest BCUT2D eigenvalue weighted by molar-refractivity contribution is 5.75. The molecule has 1 heterocycles. The van der Waals surface area contributed by atoms with Gasteiger partial charge in [-0.2, -0.15) is 0 Å². The number of hydrogen-bond acceptors (Lipinski definition) is 4. The molecule has 2 amide bonds. The van der Waals surface area contributed by atoms with Gasteiger partial charge in [0.1, 0.15) is 0 Å². The molecule has 29 heavy (non-hydrogen) atoms. The quantitative estimate of drug-likeness (QED) is 0.638. The van der Waals surface area contributed by atoms with Crippen molar-refractivity contribution in [1.29, 1.82) is 0 Å². The van der Waals surface area contributed by atoms with E-state index in [4.69, 9.17) is 5.11 Å². The van der Waals surface area contributed by atoms with Crippen molar-refractivity contribution in [3.8, 4) is 0 Å². The fraction of sp³-hybridized carbons (Fsp3) is 0.409. The van der Waals surface area contributed by atoms with Crippen LogP contribution in [0.3, 0.4) is 0 Å². The molecule has 3 rings (SSSR count). The molecular weight excluding hydrogens is 368 g/mol. The number of hydrogen-bond donors (Lipinski definition) is 3. The molecule has 1 fully saturated rings. The Hall–Kier alpha value is -2.93. The maximum Gasteiger partial charge on any atom is 0.317 e. The van der Waals surface area contributed by atoms with Gasteiger partial charge < -0.3 is 15.7 Å². The highest BCUT2D eigenvalue weighted by atomic mass is 16.4. The van der Waals surface area contributed by atoms with Gasteiger partial charge in [0.05, 0.1) is 18.3 Å². The molecular formula is C22H28N4O3. The SMILES string of the molecule is CCN(CC(=O)O)C1CC(NC(=O)NC(c2cccc(C)c2)c2ccccn2)C1. The van der Waals surface area contributed by atoms with E-state index >= 15 is 0 Å². The maximum absolute atomic E-state index is 12.7. The lowest BCUT2D eigenvalue weighted by Crippen LogP contribution is -2.56. The molecule has 1 atom stereocenters. The number of carboxylic acid groups (broad SMARTS) is 1. The lowest BCUT2D eigenvalue weighted by molar-refractivity contribution is -0.139. The minimum Gasteiger partial charge on any atom is -0.480 e. The molecule has 3 N–H and O–H groups in total. The van der Waals surface area contributed by atoms with Gasteiger partial charge in [0.15, 0.2) is 0 Å². The Balaban J connectivity index is 1.61. The second kappa shape index (κ2) is 9.52. The van der Waals surface area contributed by atoms with Crippen LogP contribution in [0.5, 0.6) is 0 Å². The molecule has 2 aromatic rings. The summed E-state index contributed by atoms with van der Waals surface area (Å²) in [5, 5.41) is 15.1.